The van der Waals surface area contributed by atoms with Gasteiger partial charge in [-0.3, -0.25) is 4.99 Å². The minimum Gasteiger partial charge on any atom is -0.356 e. The van der Waals surface area contributed by atoms with Crippen LogP contribution in [0.25, 0.3) is 0 Å². The van der Waals surface area contributed by atoms with Crippen molar-refractivity contribution in [1.82, 2.24) is 15.1 Å². The van der Waals surface area contributed by atoms with E-state index in [0.29, 0.717) is 5.41 Å². The molecule has 0 spiro atoms. The van der Waals surface area contributed by atoms with E-state index in [4.69, 9.17) is 0 Å². The fourth-order valence-corrected chi connectivity index (χ4v) is 3.64. The molecule has 0 aromatic rings. The van der Waals surface area contributed by atoms with Crippen molar-refractivity contribution in [2.45, 2.75) is 65.8 Å². The van der Waals surface area contributed by atoms with Crippen molar-refractivity contribution in [2.24, 2.45) is 16.3 Å². The second-order valence-corrected chi connectivity index (χ2v) is 8.73. The molecule has 142 valence electrons. The van der Waals surface area contributed by atoms with E-state index in [9.17, 15) is 0 Å². The first-order valence-corrected chi connectivity index (χ1v) is 9.48. The molecule has 2 aliphatic rings. The van der Waals surface area contributed by atoms with Crippen LogP contribution in [-0.2, 0) is 0 Å². The minimum absolute atomic E-state index is 0. The van der Waals surface area contributed by atoms with Gasteiger partial charge >= 0.3 is 0 Å². The standard InChI is InChI=1S/C19H38N4.HI/c1-16-9-13-22(14-10-16)12-8-7-11-21-17(20-6)23-15-18(2,3)19(23,4)5;/h16H,7-15H2,1-6H3,(H,20,21);1H. The van der Waals surface area contributed by atoms with Gasteiger partial charge in [0.05, 0.1) is 0 Å². The van der Waals surface area contributed by atoms with Crippen LogP contribution in [0.1, 0.15) is 60.3 Å². The highest BCUT2D eigenvalue weighted by Gasteiger charge is 2.53. The van der Waals surface area contributed by atoms with Gasteiger partial charge in [-0.25, -0.2) is 0 Å². The molecule has 0 saturated carbocycles. The molecule has 0 bridgehead atoms. The van der Waals surface area contributed by atoms with Crippen LogP contribution in [-0.4, -0.2) is 61.1 Å². The maximum atomic E-state index is 4.49. The van der Waals surface area contributed by atoms with Crippen LogP contribution < -0.4 is 5.32 Å². The number of nitrogens with zero attached hydrogens (tertiary/aromatic N) is 3. The van der Waals surface area contributed by atoms with Crippen LogP contribution >= 0.6 is 24.0 Å². The lowest BCUT2D eigenvalue weighted by atomic mass is 9.65. The number of rotatable bonds is 5. The third kappa shape index (κ3) is 4.99. The summed E-state index contributed by atoms with van der Waals surface area (Å²) in [7, 11) is 1.90. The van der Waals surface area contributed by atoms with Crippen molar-refractivity contribution in [1.29, 1.82) is 0 Å². The minimum atomic E-state index is 0. The lowest BCUT2D eigenvalue weighted by Gasteiger charge is -2.62. The molecule has 0 aromatic heterocycles. The zero-order valence-electron chi connectivity index (χ0n) is 16.7. The molecule has 0 atom stereocenters. The molecular formula is C19H39IN4. The van der Waals surface area contributed by atoms with Gasteiger partial charge in [-0.05, 0) is 65.1 Å². The summed E-state index contributed by atoms with van der Waals surface area (Å²) in [6, 6.07) is 0. The Bertz CT molecular complexity index is 412. The summed E-state index contributed by atoms with van der Waals surface area (Å²) in [4.78, 5) is 9.54. The zero-order chi connectivity index (χ0) is 17.1. The summed E-state index contributed by atoms with van der Waals surface area (Å²) < 4.78 is 0. The van der Waals surface area contributed by atoms with Gasteiger partial charge in [-0.15, -0.1) is 24.0 Å². The maximum absolute atomic E-state index is 4.49. The summed E-state index contributed by atoms with van der Waals surface area (Å²) >= 11 is 0. The molecule has 0 amide bonds. The van der Waals surface area contributed by atoms with Crippen LogP contribution in [0, 0.1) is 11.3 Å². The van der Waals surface area contributed by atoms with Crippen LogP contribution in [0.2, 0.25) is 0 Å². The van der Waals surface area contributed by atoms with Crippen molar-refractivity contribution in [3.63, 3.8) is 0 Å². The largest absolute Gasteiger partial charge is 0.356 e. The number of hydrogen-bond donors (Lipinski definition) is 1. The lowest BCUT2D eigenvalue weighted by molar-refractivity contribution is -0.0667. The first-order valence-electron chi connectivity index (χ1n) is 9.48. The molecule has 1 N–H and O–H groups in total. The van der Waals surface area contributed by atoms with Crippen molar-refractivity contribution < 1.29 is 0 Å². The molecule has 2 heterocycles. The van der Waals surface area contributed by atoms with Crippen molar-refractivity contribution >= 4 is 29.9 Å². The molecule has 2 aliphatic heterocycles. The first-order chi connectivity index (χ1) is 10.8. The maximum Gasteiger partial charge on any atom is 0.194 e. The number of guanidine groups is 1. The van der Waals surface area contributed by atoms with Gasteiger partial charge < -0.3 is 15.1 Å². The molecular weight excluding hydrogens is 411 g/mol. The number of halogens is 1. The highest BCUT2D eigenvalue weighted by Crippen LogP contribution is 2.46. The Hall–Kier alpha value is -0.0400. The Kier molecular flexibility index (Phi) is 8.30. The summed E-state index contributed by atoms with van der Waals surface area (Å²) in [5.74, 6) is 2.00. The monoisotopic (exact) mass is 450 g/mol. The third-order valence-electron chi connectivity index (χ3n) is 6.41. The van der Waals surface area contributed by atoms with Crippen molar-refractivity contribution in [3.8, 4) is 0 Å². The summed E-state index contributed by atoms with van der Waals surface area (Å²) in [6.07, 6.45) is 5.27. The fourth-order valence-electron chi connectivity index (χ4n) is 3.64. The summed E-state index contributed by atoms with van der Waals surface area (Å²) in [5, 5.41) is 3.57. The molecule has 4 nitrogen and oxygen atoms in total. The van der Waals surface area contributed by atoms with Gasteiger partial charge in [-0.2, -0.15) is 0 Å². The van der Waals surface area contributed by atoms with Crippen LogP contribution in [0.5, 0.6) is 0 Å². The molecule has 0 aromatic carbocycles. The van der Waals surface area contributed by atoms with E-state index in [2.05, 4.69) is 54.7 Å². The average Bonchev–Trinajstić information content (AvgIpc) is 2.51. The van der Waals surface area contributed by atoms with E-state index >= 15 is 0 Å². The Morgan fingerprint density at radius 2 is 1.75 bits per heavy atom. The topological polar surface area (TPSA) is 30.9 Å². The van der Waals surface area contributed by atoms with E-state index in [1.807, 2.05) is 7.05 Å². The second kappa shape index (κ2) is 9.06. The number of likely N-dealkylation sites (tertiary alicyclic amines) is 2. The highest BCUT2D eigenvalue weighted by molar-refractivity contribution is 14.0. The number of nitrogens with one attached hydrogen (secondary N) is 1. The molecule has 2 rings (SSSR count). The summed E-state index contributed by atoms with van der Waals surface area (Å²) in [6.45, 7) is 17.7. The Labute approximate surface area is 166 Å². The first kappa shape index (κ1) is 22.0. The van der Waals surface area contributed by atoms with E-state index in [-0.39, 0.29) is 29.5 Å². The van der Waals surface area contributed by atoms with E-state index in [1.165, 1.54) is 45.3 Å². The van der Waals surface area contributed by atoms with Gasteiger partial charge in [0.25, 0.3) is 0 Å². The molecule has 0 unspecified atom stereocenters. The molecule has 2 fully saturated rings. The average molecular weight is 450 g/mol. The Morgan fingerprint density at radius 3 is 2.25 bits per heavy atom. The third-order valence-corrected chi connectivity index (χ3v) is 6.41. The van der Waals surface area contributed by atoms with Crippen molar-refractivity contribution in [3.05, 3.63) is 0 Å². The van der Waals surface area contributed by atoms with Crippen LogP contribution in [0.4, 0.5) is 0 Å². The zero-order valence-corrected chi connectivity index (χ0v) is 19.0. The number of aliphatic imine (C=N–C) groups is 1. The number of unbranched alkanes of at least 4 members (excludes halogenated alkanes) is 1. The SMILES string of the molecule is CN=C(NCCCCN1CCC(C)CC1)N1CC(C)(C)C1(C)C.I. The highest BCUT2D eigenvalue weighted by atomic mass is 127. The molecule has 5 heteroatoms. The molecule has 24 heavy (non-hydrogen) atoms. The van der Waals surface area contributed by atoms with Gasteiger partial charge in [0.2, 0.25) is 0 Å². The normalized spacial score (nSPS) is 24.2. The Morgan fingerprint density at radius 1 is 1.12 bits per heavy atom. The Balaban J connectivity index is 0.00000288. The van der Waals surface area contributed by atoms with Gasteiger partial charge in [0, 0.05) is 31.1 Å². The number of hydrogen-bond acceptors (Lipinski definition) is 2. The lowest BCUT2D eigenvalue weighted by Crippen LogP contribution is -2.72. The summed E-state index contributed by atoms with van der Waals surface area (Å²) in [5.41, 5.74) is 0.537. The predicted molar refractivity (Wildman–Crippen MR) is 115 cm³/mol. The molecule has 0 aliphatic carbocycles. The fraction of sp³-hybridized carbons (Fsp3) is 0.947. The van der Waals surface area contributed by atoms with Crippen molar-refractivity contribution in [2.75, 3.05) is 39.8 Å². The van der Waals surface area contributed by atoms with Crippen LogP contribution in [0.3, 0.4) is 0 Å². The molecule has 0 radical (unpaired) electrons. The second-order valence-electron chi connectivity index (χ2n) is 8.73. The van der Waals surface area contributed by atoms with Gasteiger partial charge in [0.1, 0.15) is 0 Å². The number of piperidine rings is 1. The van der Waals surface area contributed by atoms with Gasteiger partial charge in [0.15, 0.2) is 5.96 Å². The quantitative estimate of drug-likeness (QED) is 0.299. The van der Waals surface area contributed by atoms with E-state index in [1.54, 1.807) is 0 Å². The van der Waals surface area contributed by atoms with Gasteiger partial charge in [-0.1, -0.05) is 20.8 Å². The van der Waals surface area contributed by atoms with E-state index in [0.717, 1.165) is 25.0 Å². The van der Waals surface area contributed by atoms with E-state index < -0.39 is 0 Å². The predicted octanol–water partition coefficient (Wildman–Crippen LogP) is 3.81. The van der Waals surface area contributed by atoms with Crippen LogP contribution in [0.15, 0.2) is 4.99 Å². The molecule has 2 saturated heterocycles. The smallest absolute Gasteiger partial charge is 0.194 e.